The molecule has 0 spiro atoms. The third kappa shape index (κ3) is 7.90. The van der Waals surface area contributed by atoms with Crippen LogP contribution in [-0.2, 0) is 11.4 Å². The van der Waals surface area contributed by atoms with Gasteiger partial charge >= 0.3 is 0 Å². The average Bonchev–Trinajstić information content (AvgIpc) is 2.69. The number of nitriles is 1. The molecule has 0 unspecified atom stereocenters. The van der Waals surface area contributed by atoms with Gasteiger partial charge in [-0.15, -0.1) is 0 Å². The molecule has 0 bridgehead atoms. The van der Waals surface area contributed by atoms with E-state index in [-0.39, 0.29) is 5.78 Å². The van der Waals surface area contributed by atoms with E-state index in [0.29, 0.717) is 26.1 Å². The fourth-order valence-electron chi connectivity index (χ4n) is 2.15. The highest BCUT2D eigenvalue weighted by Crippen LogP contribution is 2.13. The number of Topliss-reactive ketones (excluding diaryl/α,β-unsaturated/α-hetero) is 1. The van der Waals surface area contributed by atoms with Crippen LogP contribution in [-0.4, -0.2) is 30.1 Å². The van der Waals surface area contributed by atoms with Crippen LogP contribution in [0.15, 0.2) is 59.7 Å². The lowest BCUT2D eigenvalue weighted by Crippen LogP contribution is -2.19. The highest BCUT2D eigenvalue weighted by Gasteiger charge is 1.99. The predicted molar refractivity (Wildman–Crippen MR) is 105 cm³/mol. The molecule has 136 valence electrons. The lowest BCUT2D eigenvalue weighted by Gasteiger charge is -2.13. The molecule has 0 N–H and O–H groups in total. The SMILES string of the molecule is CC(=O)C#CCN(CCC#N)N=Cc1ccc(OCc2ccccc2)cc1. The standard InChI is InChI=1S/C22H21N3O2/c1-19(26)7-5-15-25(16-6-14-23)24-17-20-10-12-22(13-11-20)27-18-21-8-3-2-4-9-21/h2-4,8-13,17H,6,15-16,18H2,1H3. The molecule has 0 aromatic heterocycles. The van der Waals surface area contributed by atoms with Crippen LogP contribution in [0, 0.1) is 23.2 Å². The molecule has 0 heterocycles. The second kappa shape index (κ2) is 11.1. The second-order valence-corrected chi connectivity index (χ2v) is 5.74. The molecule has 27 heavy (non-hydrogen) atoms. The first kappa shape index (κ1) is 19.8. The number of hydrazone groups is 1. The van der Waals surface area contributed by atoms with Crippen molar-refractivity contribution in [3.05, 3.63) is 65.7 Å². The van der Waals surface area contributed by atoms with Crippen molar-refractivity contribution >= 4 is 12.0 Å². The molecule has 2 rings (SSSR count). The summed E-state index contributed by atoms with van der Waals surface area (Å²) in [6, 6.07) is 19.7. The third-order valence-electron chi connectivity index (χ3n) is 3.51. The summed E-state index contributed by atoms with van der Waals surface area (Å²) in [6.45, 7) is 2.69. The predicted octanol–water partition coefficient (Wildman–Crippen LogP) is 3.41. The summed E-state index contributed by atoms with van der Waals surface area (Å²) in [5.74, 6) is 5.83. The Hall–Kier alpha value is -3.57. The zero-order valence-corrected chi connectivity index (χ0v) is 15.3. The van der Waals surface area contributed by atoms with E-state index < -0.39 is 0 Å². The molecule has 0 saturated carbocycles. The summed E-state index contributed by atoms with van der Waals surface area (Å²) in [6.07, 6.45) is 2.04. The molecule has 5 nitrogen and oxygen atoms in total. The number of carbonyl (C=O) groups is 1. The Balaban J connectivity index is 1.92. The Bertz CT molecular complexity index is 856. The van der Waals surface area contributed by atoms with Crippen LogP contribution in [0.4, 0.5) is 0 Å². The van der Waals surface area contributed by atoms with Gasteiger partial charge in [-0.1, -0.05) is 36.3 Å². The molecule has 2 aromatic rings. The molecule has 0 radical (unpaired) electrons. The highest BCUT2D eigenvalue weighted by atomic mass is 16.5. The number of rotatable bonds is 8. The van der Waals surface area contributed by atoms with E-state index in [2.05, 4.69) is 23.0 Å². The average molecular weight is 359 g/mol. The van der Waals surface area contributed by atoms with Crippen LogP contribution in [0.2, 0.25) is 0 Å². The van der Waals surface area contributed by atoms with Crippen molar-refractivity contribution in [2.75, 3.05) is 13.1 Å². The van der Waals surface area contributed by atoms with Crippen molar-refractivity contribution in [3.8, 4) is 23.7 Å². The van der Waals surface area contributed by atoms with E-state index in [4.69, 9.17) is 10.00 Å². The van der Waals surface area contributed by atoms with Crippen molar-refractivity contribution in [2.24, 2.45) is 5.10 Å². The van der Waals surface area contributed by atoms with Gasteiger partial charge in [0.25, 0.3) is 0 Å². The molecular weight excluding hydrogens is 338 g/mol. The summed E-state index contributed by atoms with van der Waals surface area (Å²) in [4.78, 5) is 10.9. The van der Waals surface area contributed by atoms with E-state index in [1.54, 1.807) is 11.2 Å². The zero-order chi connectivity index (χ0) is 19.3. The zero-order valence-electron chi connectivity index (χ0n) is 15.3. The van der Waals surface area contributed by atoms with E-state index in [0.717, 1.165) is 16.9 Å². The van der Waals surface area contributed by atoms with Gasteiger partial charge in [-0.3, -0.25) is 9.80 Å². The lowest BCUT2D eigenvalue weighted by atomic mass is 10.2. The molecule has 2 aromatic carbocycles. The summed E-state index contributed by atoms with van der Waals surface area (Å²) in [7, 11) is 0. The first-order valence-corrected chi connectivity index (χ1v) is 8.59. The summed E-state index contributed by atoms with van der Waals surface area (Å²) >= 11 is 0. The van der Waals surface area contributed by atoms with Gasteiger partial charge < -0.3 is 4.74 Å². The molecular formula is C22H21N3O2. The summed E-state index contributed by atoms with van der Waals surface area (Å²) < 4.78 is 5.76. The topological polar surface area (TPSA) is 65.7 Å². The summed E-state index contributed by atoms with van der Waals surface area (Å²) in [5, 5.41) is 14.8. The monoisotopic (exact) mass is 359 g/mol. The van der Waals surface area contributed by atoms with E-state index in [1.807, 2.05) is 54.6 Å². The second-order valence-electron chi connectivity index (χ2n) is 5.74. The van der Waals surface area contributed by atoms with Crippen LogP contribution in [0.5, 0.6) is 5.75 Å². The molecule has 0 aliphatic carbocycles. The van der Waals surface area contributed by atoms with E-state index in [9.17, 15) is 4.79 Å². The first-order valence-electron chi connectivity index (χ1n) is 8.59. The van der Waals surface area contributed by atoms with Crippen LogP contribution < -0.4 is 4.74 Å². The van der Waals surface area contributed by atoms with Gasteiger partial charge in [-0.25, -0.2) is 0 Å². The smallest absolute Gasteiger partial charge is 0.202 e. The Morgan fingerprint density at radius 3 is 2.59 bits per heavy atom. The Labute approximate surface area is 159 Å². The normalized spacial score (nSPS) is 9.93. The Kier molecular flexibility index (Phi) is 8.14. The fraction of sp³-hybridized carbons (Fsp3) is 0.227. The number of ketones is 1. The van der Waals surface area contributed by atoms with Crippen molar-refractivity contribution in [1.82, 2.24) is 5.01 Å². The molecule has 0 aliphatic heterocycles. The van der Waals surface area contributed by atoms with Gasteiger partial charge in [-0.05, 0) is 41.3 Å². The maximum atomic E-state index is 10.9. The van der Waals surface area contributed by atoms with Crippen molar-refractivity contribution in [2.45, 2.75) is 20.0 Å². The molecule has 0 saturated heterocycles. The van der Waals surface area contributed by atoms with Crippen molar-refractivity contribution < 1.29 is 9.53 Å². The lowest BCUT2D eigenvalue weighted by molar-refractivity contribution is -0.111. The van der Waals surface area contributed by atoms with Gasteiger partial charge in [0.15, 0.2) is 0 Å². The number of carbonyl (C=O) groups excluding carboxylic acids is 1. The molecule has 5 heteroatoms. The maximum Gasteiger partial charge on any atom is 0.202 e. The third-order valence-corrected chi connectivity index (χ3v) is 3.51. The van der Waals surface area contributed by atoms with Crippen LogP contribution in [0.1, 0.15) is 24.5 Å². The molecule has 0 aliphatic rings. The van der Waals surface area contributed by atoms with Gasteiger partial charge in [0.1, 0.15) is 12.4 Å². The van der Waals surface area contributed by atoms with Crippen LogP contribution in [0.3, 0.4) is 0 Å². The minimum atomic E-state index is -0.190. The number of benzene rings is 2. The maximum absolute atomic E-state index is 10.9. The summed E-state index contributed by atoms with van der Waals surface area (Å²) in [5.41, 5.74) is 2.02. The Morgan fingerprint density at radius 1 is 1.19 bits per heavy atom. The van der Waals surface area contributed by atoms with Crippen LogP contribution >= 0.6 is 0 Å². The Morgan fingerprint density at radius 2 is 1.93 bits per heavy atom. The van der Waals surface area contributed by atoms with Gasteiger partial charge in [-0.2, -0.15) is 10.4 Å². The molecule has 0 atom stereocenters. The minimum absolute atomic E-state index is 0.190. The number of ether oxygens (including phenoxy) is 1. The van der Waals surface area contributed by atoms with Gasteiger partial charge in [0.05, 0.1) is 31.8 Å². The first-order chi connectivity index (χ1) is 13.2. The number of hydrogen-bond donors (Lipinski definition) is 0. The number of hydrogen-bond acceptors (Lipinski definition) is 5. The van der Waals surface area contributed by atoms with Crippen molar-refractivity contribution in [1.29, 1.82) is 5.26 Å². The van der Waals surface area contributed by atoms with Crippen LogP contribution in [0.25, 0.3) is 0 Å². The van der Waals surface area contributed by atoms with E-state index in [1.165, 1.54) is 6.92 Å². The fourth-order valence-corrected chi connectivity index (χ4v) is 2.15. The van der Waals surface area contributed by atoms with E-state index >= 15 is 0 Å². The largest absolute Gasteiger partial charge is 0.489 e. The highest BCUT2D eigenvalue weighted by molar-refractivity contribution is 5.93. The quantitative estimate of drug-likeness (QED) is 0.314. The van der Waals surface area contributed by atoms with Gasteiger partial charge in [0.2, 0.25) is 5.78 Å². The molecule has 0 amide bonds. The van der Waals surface area contributed by atoms with Crippen molar-refractivity contribution in [3.63, 3.8) is 0 Å². The van der Waals surface area contributed by atoms with Gasteiger partial charge in [0, 0.05) is 6.92 Å². The minimum Gasteiger partial charge on any atom is -0.489 e. The molecule has 0 fully saturated rings. The number of nitrogens with zero attached hydrogens (tertiary/aromatic N) is 3.